The van der Waals surface area contributed by atoms with Crippen molar-refractivity contribution in [3.63, 3.8) is 0 Å². The van der Waals surface area contributed by atoms with Crippen LogP contribution in [0.1, 0.15) is 29.8 Å². The zero-order valence-electron chi connectivity index (χ0n) is 12.4. The topological polar surface area (TPSA) is 75.4 Å². The molecule has 3 rings (SSSR count). The van der Waals surface area contributed by atoms with E-state index in [1.807, 2.05) is 24.3 Å². The summed E-state index contributed by atoms with van der Waals surface area (Å²) in [5.41, 5.74) is 1.15. The number of amides is 1. The van der Waals surface area contributed by atoms with Gasteiger partial charge in [0, 0.05) is 22.9 Å². The Morgan fingerprint density at radius 1 is 1.22 bits per heavy atom. The SMILES string of the molecule is O=C(O)[C@H]1CCCCN1C(=O)c1cn(-c2ccc(Br)cc2)cn1. The standard InChI is InChI=1S/C16H16BrN3O3/c17-11-4-6-12(7-5-11)19-9-13(18-10-19)15(21)20-8-2-1-3-14(20)16(22)23/h4-7,9-10,14H,1-3,8H2,(H,22,23)/t14-/m1/s1. The molecule has 0 bridgehead atoms. The van der Waals surface area contributed by atoms with E-state index in [1.54, 1.807) is 17.1 Å². The van der Waals surface area contributed by atoms with Crippen molar-refractivity contribution in [3.8, 4) is 5.69 Å². The molecule has 0 saturated carbocycles. The minimum atomic E-state index is -0.953. The summed E-state index contributed by atoms with van der Waals surface area (Å²) in [6.45, 7) is 0.459. The number of halogens is 1. The van der Waals surface area contributed by atoms with E-state index in [9.17, 15) is 14.7 Å². The Labute approximate surface area is 141 Å². The van der Waals surface area contributed by atoms with Gasteiger partial charge in [-0.05, 0) is 43.5 Å². The molecular weight excluding hydrogens is 362 g/mol. The zero-order valence-corrected chi connectivity index (χ0v) is 13.9. The normalized spacial score (nSPS) is 18.0. The average molecular weight is 378 g/mol. The number of carboxylic acid groups (broad SMARTS) is 1. The van der Waals surface area contributed by atoms with Crippen molar-refractivity contribution in [2.24, 2.45) is 0 Å². The van der Waals surface area contributed by atoms with Crippen LogP contribution in [0.3, 0.4) is 0 Å². The monoisotopic (exact) mass is 377 g/mol. The highest BCUT2D eigenvalue weighted by molar-refractivity contribution is 9.10. The lowest BCUT2D eigenvalue weighted by molar-refractivity contribution is -0.143. The minimum Gasteiger partial charge on any atom is -0.480 e. The predicted molar refractivity (Wildman–Crippen MR) is 87.6 cm³/mol. The number of hydrogen-bond acceptors (Lipinski definition) is 3. The molecule has 1 atom stereocenters. The van der Waals surface area contributed by atoms with Crippen LogP contribution in [0.2, 0.25) is 0 Å². The first-order valence-corrected chi connectivity index (χ1v) is 8.19. The van der Waals surface area contributed by atoms with Gasteiger partial charge >= 0.3 is 5.97 Å². The van der Waals surface area contributed by atoms with Crippen molar-refractivity contribution in [1.29, 1.82) is 0 Å². The van der Waals surface area contributed by atoms with Gasteiger partial charge in [-0.3, -0.25) is 4.79 Å². The second kappa shape index (κ2) is 6.54. The van der Waals surface area contributed by atoms with Gasteiger partial charge in [0.05, 0.1) is 0 Å². The Balaban J connectivity index is 1.83. The number of hydrogen-bond donors (Lipinski definition) is 1. The number of likely N-dealkylation sites (tertiary alicyclic amines) is 1. The van der Waals surface area contributed by atoms with Crippen LogP contribution in [-0.4, -0.2) is 44.0 Å². The Kier molecular flexibility index (Phi) is 4.47. The molecule has 2 aromatic rings. The van der Waals surface area contributed by atoms with Gasteiger partial charge in [-0.25, -0.2) is 9.78 Å². The summed E-state index contributed by atoms with van der Waals surface area (Å²) in [5.74, 6) is -1.28. The van der Waals surface area contributed by atoms with Gasteiger partial charge in [0.2, 0.25) is 0 Å². The molecule has 0 unspecified atom stereocenters. The molecule has 1 N–H and O–H groups in total. The van der Waals surface area contributed by atoms with Crippen molar-refractivity contribution < 1.29 is 14.7 Å². The molecule has 120 valence electrons. The lowest BCUT2D eigenvalue weighted by Crippen LogP contribution is -2.48. The molecule has 7 heteroatoms. The third kappa shape index (κ3) is 3.29. The maximum atomic E-state index is 12.6. The Bertz CT molecular complexity index is 726. The number of carbonyl (C=O) groups excluding carboxylic acids is 1. The van der Waals surface area contributed by atoms with Gasteiger partial charge in [-0.2, -0.15) is 0 Å². The summed E-state index contributed by atoms with van der Waals surface area (Å²) in [6.07, 6.45) is 5.35. The second-order valence-corrected chi connectivity index (χ2v) is 6.41. The highest BCUT2D eigenvalue weighted by Gasteiger charge is 2.33. The Morgan fingerprint density at radius 3 is 2.65 bits per heavy atom. The summed E-state index contributed by atoms with van der Waals surface area (Å²) in [6, 6.07) is 6.86. The molecule has 0 aliphatic carbocycles. The third-order valence-corrected chi connectivity index (χ3v) is 4.50. The van der Waals surface area contributed by atoms with E-state index in [4.69, 9.17) is 0 Å². The largest absolute Gasteiger partial charge is 0.480 e. The zero-order chi connectivity index (χ0) is 16.4. The van der Waals surface area contributed by atoms with Gasteiger partial charge in [0.15, 0.2) is 0 Å². The van der Waals surface area contributed by atoms with Crippen LogP contribution >= 0.6 is 15.9 Å². The molecule has 0 spiro atoms. The van der Waals surface area contributed by atoms with E-state index >= 15 is 0 Å². The molecule has 1 aromatic heterocycles. The van der Waals surface area contributed by atoms with E-state index in [0.717, 1.165) is 23.0 Å². The quantitative estimate of drug-likeness (QED) is 0.891. The molecule has 6 nitrogen and oxygen atoms in total. The molecular formula is C16H16BrN3O3. The molecule has 0 radical (unpaired) electrons. The van der Waals surface area contributed by atoms with Gasteiger partial charge in [-0.1, -0.05) is 15.9 Å². The minimum absolute atomic E-state index is 0.265. The third-order valence-electron chi connectivity index (χ3n) is 3.98. The summed E-state index contributed by atoms with van der Waals surface area (Å²) < 4.78 is 2.72. The predicted octanol–water partition coefficient (Wildman–Crippen LogP) is 2.71. The molecule has 1 aromatic carbocycles. The lowest BCUT2D eigenvalue weighted by Gasteiger charge is -2.32. The fraction of sp³-hybridized carbons (Fsp3) is 0.312. The van der Waals surface area contributed by atoms with Crippen molar-refractivity contribution in [3.05, 3.63) is 47.0 Å². The highest BCUT2D eigenvalue weighted by atomic mass is 79.9. The molecule has 1 aliphatic rings. The van der Waals surface area contributed by atoms with Gasteiger partial charge < -0.3 is 14.6 Å². The van der Waals surface area contributed by atoms with Crippen LogP contribution in [0.4, 0.5) is 0 Å². The highest BCUT2D eigenvalue weighted by Crippen LogP contribution is 2.20. The number of carboxylic acids is 1. The van der Waals surface area contributed by atoms with Crippen molar-refractivity contribution in [2.45, 2.75) is 25.3 Å². The lowest BCUT2D eigenvalue weighted by atomic mass is 10.0. The summed E-state index contributed by atoms with van der Waals surface area (Å²) in [5, 5.41) is 9.29. The van der Waals surface area contributed by atoms with Crippen LogP contribution < -0.4 is 0 Å². The second-order valence-electron chi connectivity index (χ2n) is 5.49. The number of piperidine rings is 1. The van der Waals surface area contributed by atoms with Crippen molar-refractivity contribution in [1.82, 2.24) is 14.5 Å². The fourth-order valence-corrected chi connectivity index (χ4v) is 3.03. The smallest absolute Gasteiger partial charge is 0.326 e. The van der Waals surface area contributed by atoms with Crippen LogP contribution in [-0.2, 0) is 4.79 Å². The number of aromatic nitrogens is 2. The first-order valence-electron chi connectivity index (χ1n) is 7.40. The maximum absolute atomic E-state index is 12.6. The summed E-state index contributed by atoms with van der Waals surface area (Å²) in [4.78, 5) is 29.5. The molecule has 1 fully saturated rings. The molecule has 2 heterocycles. The van der Waals surface area contributed by atoms with Crippen LogP contribution in [0.5, 0.6) is 0 Å². The van der Waals surface area contributed by atoms with Gasteiger partial charge in [0.1, 0.15) is 18.1 Å². The fourth-order valence-electron chi connectivity index (χ4n) is 2.77. The number of imidazole rings is 1. The van der Waals surface area contributed by atoms with E-state index in [1.165, 1.54) is 4.90 Å². The van der Waals surface area contributed by atoms with Gasteiger partial charge in [-0.15, -0.1) is 0 Å². The number of rotatable bonds is 3. The van der Waals surface area contributed by atoms with Gasteiger partial charge in [0.25, 0.3) is 5.91 Å². The molecule has 1 amide bonds. The van der Waals surface area contributed by atoms with E-state index < -0.39 is 12.0 Å². The molecule has 23 heavy (non-hydrogen) atoms. The van der Waals surface area contributed by atoms with E-state index in [-0.39, 0.29) is 11.6 Å². The number of benzene rings is 1. The molecule has 1 saturated heterocycles. The summed E-state index contributed by atoms with van der Waals surface area (Å²) in [7, 11) is 0. The Morgan fingerprint density at radius 2 is 1.96 bits per heavy atom. The van der Waals surface area contributed by atoms with Crippen molar-refractivity contribution in [2.75, 3.05) is 6.54 Å². The van der Waals surface area contributed by atoms with E-state index in [2.05, 4.69) is 20.9 Å². The van der Waals surface area contributed by atoms with Crippen LogP contribution in [0.15, 0.2) is 41.3 Å². The first-order chi connectivity index (χ1) is 11.1. The number of carbonyl (C=O) groups is 2. The van der Waals surface area contributed by atoms with Crippen LogP contribution in [0, 0.1) is 0 Å². The Hall–Kier alpha value is -2.15. The maximum Gasteiger partial charge on any atom is 0.326 e. The van der Waals surface area contributed by atoms with Crippen molar-refractivity contribution >= 4 is 27.8 Å². The summed E-state index contributed by atoms with van der Waals surface area (Å²) >= 11 is 3.38. The number of nitrogens with zero attached hydrogens (tertiary/aromatic N) is 3. The first kappa shape index (κ1) is 15.7. The van der Waals surface area contributed by atoms with Crippen LogP contribution in [0.25, 0.3) is 5.69 Å². The number of aliphatic carboxylic acids is 1. The average Bonchev–Trinajstić information content (AvgIpc) is 3.04. The van der Waals surface area contributed by atoms with E-state index in [0.29, 0.717) is 13.0 Å². The molecule has 1 aliphatic heterocycles.